The third-order valence-electron chi connectivity index (χ3n) is 0.800. The first kappa shape index (κ1) is 12.2. The van der Waals surface area contributed by atoms with Crippen molar-refractivity contribution >= 4 is 43.3 Å². The van der Waals surface area contributed by atoms with Gasteiger partial charge in [0.2, 0.25) is 0 Å². The normalized spacial score (nSPS) is 9.64. The van der Waals surface area contributed by atoms with Crippen molar-refractivity contribution in [1.29, 1.82) is 0 Å². The molecule has 1 unspecified atom stereocenters. The van der Waals surface area contributed by atoms with Crippen LogP contribution in [0.4, 0.5) is 0 Å². The van der Waals surface area contributed by atoms with Crippen molar-refractivity contribution < 1.29 is 13.5 Å². The molecule has 1 aromatic rings. The van der Waals surface area contributed by atoms with E-state index in [1.165, 1.54) is 5.30 Å². The van der Waals surface area contributed by atoms with Crippen LogP contribution in [0.25, 0.3) is 0 Å². The van der Waals surface area contributed by atoms with E-state index in [2.05, 4.69) is 9.24 Å². The van der Waals surface area contributed by atoms with Crippen LogP contribution in [0.15, 0.2) is 30.3 Å². The SMILES string of the molecule is Pc1ccccc1.[Cl][Ir]([Cl])[Cl]. The van der Waals surface area contributed by atoms with Crippen molar-refractivity contribution in [3.05, 3.63) is 30.3 Å². The predicted octanol–water partition coefficient (Wildman–Crippen LogP) is 3.25. The van der Waals surface area contributed by atoms with Gasteiger partial charge in [-0.05, 0) is 5.30 Å². The molecule has 1 atom stereocenters. The molecule has 0 heterocycles. The summed E-state index contributed by atoms with van der Waals surface area (Å²) in [5.41, 5.74) is 0. The molecule has 1 aromatic carbocycles. The molecule has 0 saturated carbocycles. The first-order valence-electron chi connectivity index (χ1n) is 2.58. The van der Waals surface area contributed by atoms with E-state index in [4.69, 9.17) is 28.8 Å². The molecule has 0 aliphatic rings. The van der Waals surface area contributed by atoms with E-state index < -0.39 is 13.5 Å². The van der Waals surface area contributed by atoms with Gasteiger partial charge in [0.25, 0.3) is 0 Å². The summed E-state index contributed by atoms with van der Waals surface area (Å²) in [6.45, 7) is 0. The summed E-state index contributed by atoms with van der Waals surface area (Å²) >= 11 is -1.92. The first-order valence-corrected chi connectivity index (χ1v) is 12.1. The average molecular weight is 409 g/mol. The zero-order valence-corrected chi connectivity index (χ0v) is 11.2. The second kappa shape index (κ2) is 7.80. The standard InChI is InChI=1S/C6H7P.3ClH.Ir/c7-6-4-2-1-3-5-6;;;;/h1-5H,7H2;3*1H;/q;;;;+3/p-3. The van der Waals surface area contributed by atoms with E-state index in [0.29, 0.717) is 0 Å². The van der Waals surface area contributed by atoms with Crippen molar-refractivity contribution in [3.63, 3.8) is 0 Å². The Balaban J connectivity index is 0.000000218. The van der Waals surface area contributed by atoms with Gasteiger partial charge in [0.15, 0.2) is 0 Å². The van der Waals surface area contributed by atoms with Gasteiger partial charge in [-0.3, -0.25) is 0 Å². The summed E-state index contributed by atoms with van der Waals surface area (Å²) in [5, 5.41) is 1.24. The minimum absolute atomic E-state index is 1.24. The molecule has 0 spiro atoms. The van der Waals surface area contributed by atoms with Crippen LogP contribution in [0.5, 0.6) is 0 Å². The Morgan fingerprint density at radius 1 is 1.00 bits per heavy atom. The third-order valence-corrected chi connectivity index (χ3v) is 1.18. The summed E-state index contributed by atoms with van der Waals surface area (Å²) in [6, 6.07) is 10.1. The fraction of sp³-hybridized carbons (Fsp3) is 0. The van der Waals surface area contributed by atoms with Crippen LogP contribution in [0, 0.1) is 0 Å². The summed E-state index contributed by atoms with van der Waals surface area (Å²) in [6.07, 6.45) is 0. The van der Waals surface area contributed by atoms with E-state index >= 15 is 0 Å². The van der Waals surface area contributed by atoms with Gasteiger partial charge in [0.1, 0.15) is 0 Å². The van der Waals surface area contributed by atoms with Crippen LogP contribution < -0.4 is 5.30 Å². The molecule has 0 amide bonds. The second-order valence-electron chi connectivity index (χ2n) is 1.55. The van der Waals surface area contributed by atoms with Crippen LogP contribution in [0.2, 0.25) is 0 Å². The van der Waals surface area contributed by atoms with Crippen molar-refractivity contribution in [2.75, 3.05) is 0 Å². The Morgan fingerprint density at radius 2 is 1.36 bits per heavy atom. The van der Waals surface area contributed by atoms with Crippen molar-refractivity contribution in [1.82, 2.24) is 0 Å². The minimum atomic E-state index is -1.92. The van der Waals surface area contributed by atoms with Gasteiger partial charge >= 0.3 is 42.2 Å². The van der Waals surface area contributed by atoms with Gasteiger partial charge in [-0.15, -0.1) is 9.24 Å². The molecule has 0 nitrogen and oxygen atoms in total. The van der Waals surface area contributed by atoms with Crippen LogP contribution in [-0.4, -0.2) is 0 Å². The van der Waals surface area contributed by atoms with Crippen LogP contribution >= 0.6 is 38.0 Å². The first-order chi connectivity index (χ1) is 5.13. The van der Waals surface area contributed by atoms with Gasteiger partial charge in [-0.2, -0.15) is 0 Å². The molecular weight excluding hydrogens is 402 g/mol. The van der Waals surface area contributed by atoms with E-state index in [9.17, 15) is 0 Å². The molecule has 11 heavy (non-hydrogen) atoms. The molecule has 1 rings (SSSR count). The molecule has 0 aliphatic heterocycles. The summed E-state index contributed by atoms with van der Waals surface area (Å²) in [7, 11) is 17.5. The van der Waals surface area contributed by atoms with Crippen LogP contribution in [0.1, 0.15) is 0 Å². The average Bonchev–Trinajstić information content (AvgIpc) is 1.87. The number of benzene rings is 1. The number of hydrogen-bond acceptors (Lipinski definition) is 0. The molecule has 0 saturated heterocycles. The van der Waals surface area contributed by atoms with Gasteiger partial charge < -0.3 is 0 Å². The van der Waals surface area contributed by atoms with Crippen LogP contribution in [0.3, 0.4) is 0 Å². The Bertz CT molecular complexity index is 178. The monoisotopic (exact) mass is 408 g/mol. The van der Waals surface area contributed by atoms with Crippen LogP contribution in [-0.2, 0) is 13.5 Å². The third kappa shape index (κ3) is 11.2. The molecular formula is C6H7Cl3IrP. The molecule has 5 heteroatoms. The maximum absolute atomic E-state index is 4.97. The Morgan fingerprint density at radius 3 is 1.55 bits per heavy atom. The molecule has 0 radical (unpaired) electrons. The fourth-order valence-electron chi connectivity index (χ4n) is 0.453. The quantitative estimate of drug-likeness (QED) is 0.578. The molecule has 0 aliphatic carbocycles. The second-order valence-corrected chi connectivity index (χ2v) is 12.6. The van der Waals surface area contributed by atoms with Gasteiger partial charge in [-0.25, -0.2) is 0 Å². The predicted molar refractivity (Wildman–Crippen MR) is 53.3 cm³/mol. The summed E-state index contributed by atoms with van der Waals surface area (Å²) in [4.78, 5) is 0. The summed E-state index contributed by atoms with van der Waals surface area (Å²) < 4.78 is 0. The zero-order chi connectivity index (χ0) is 8.69. The number of halogens is 3. The Hall–Kier alpha value is 1.17. The molecule has 66 valence electrons. The van der Waals surface area contributed by atoms with E-state index in [-0.39, 0.29) is 0 Å². The zero-order valence-electron chi connectivity index (χ0n) is 5.43. The van der Waals surface area contributed by atoms with Gasteiger partial charge in [0, 0.05) is 0 Å². The number of hydrogen-bond donors (Lipinski definition) is 0. The van der Waals surface area contributed by atoms with Gasteiger partial charge in [0.05, 0.1) is 0 Å². The van der Waals surface area contributed by atoms with Crippen molar-refractivity contribution in [3.8, 4) is 0 Å². The Labute approximate surface area is 86.6 Å². The topological polar surface area (TPSA) is 0 Å². The van der Waals surface area contributed by atoms with Crippen molar-refractivity contribution in [2.45, 2.75) is 0 Å². The molecule has 0 bridgehead atoms. The van der Waals surface area contributed by atoms with Crippen molar-refractivity contribution in [2.24, 2.45) is 0 Å². The molecule has 0 aromatic heterocycles. The summed E-state index contributed by atoms with van der Waals surface area (Å²) in [5.74, 6) is 0. The maximum atomic E-state index is 4.97. The van der Waals surface area contributed by atoms with E-state index in [1.54, 1.807) is 0 Å². The Kier molecular flexibility index (Phi) is 8.63. The van der Waals surface area contributed by atoms with E-state index in [1.807, 2.05) is 30.3 Å². The van der Waals surface area contributed by atoms with E-state index in [0.717, 1.165) is 0 Å². The van der Waals surface area contributed by atoms with Gasteiger partial charge in [-0.1, -0.05) is 30.3 Å². The molecule has 0 N–H and O–H groups in total. The number of rotatable bonds is 0. The fourth-order valence-corrected chi connectivity index (χ4v) is 0.675. The molecule has 0 fully saturated rings.